The first-order valence-corrected chi connectivity index (χ1v) is 8.81. The predicted molar refractivity (Wildman–Crippen MR) is 92.6 cm³/mol. The third-order valence-electron chi connectivity index (χ3n) is 3.47. The summed E-state index contributed by atoms with van der Waals surface area (Å²) in [4.78, 5) is 0. The van der Waals surface area contributed by atoms with Crippen LogP contribution in [-0.4, -0.2) is 18.1 Å². The maximum atomic E-state index is 3.72. The smallest absolute Gasteiger partial charge is 0.0418 e. The SMILES string of the molecule is CCCNC(CSCCC)c1cccc2ccccc12. The molecule has 0 bridgehead atoms. The van der Waals surface area contributed by atoms with Crippen molar-refractivity contribution in [2.75, 3.05) is 18.1 Å². The van der Waals surface area contributed by atoms with Gasteiger partial charge in [-0.3, -0.25) is 0 Å². The molecule has 0 fully saturated rings. The van der Waals surface area contributed by atoms with E-state index in [0.29, 0.717) is 6.04 Å². The Balaban J connectivity index is 2.24. The lowest BCUT2D eigenvalue weighted by atomic mass is 9.99. The molecular formula is C18H25NS. The summed E-state index contributed by atoms with van der Waals surface area (Å²) in [6.45, 7) is 5.56. The molecule has 2 aromatic rings. The fourth-order valence-electron chi connectivity index (χ4n) is 2.48. The van der Waals surface area contributed by atoms with Gasteiger partial charge in [0.05, 0.1) is 0 Å². The fraction of sp³-hybridized carbons (Fsp3) is 0.444. The summed E-state index contributed by atoms with van der Waals surface area (Å²) in [5.74, 6) is 2.40. The van der Waals surface area contributed by atoms with E-state index in [9.17, 15) is 0 Å². The van der Waals surface area contributed by atoms with E-state index >= 15 is 0 Å². The zero-order valence-electron chi connectivity index (χ0n) is 12.6. The van der Waals surface area contributed by atoms with E-state index in [4.69, 9.17) is 0 Å². The first-order chi connectivity index (χ1) is 9.86. The van der Waals surface area contributed by atoms with Gasteiger partial charge in [0.15, 0.2) is 0 Å². The molecule has 20 heavy (non-hydrogen) atoms. The molecule has 0 aromatic heterocycles. The number of fused-ring (bicyclic) bond motifs is 1. The number of nitrogens with one attached hydrogen (secondary N) is 1. The summed E-state index contributed by atoms with van der Waals surface area (Å²) in [6.07, 6.45) is 2.43. The lowest BCUT2D eigenvalue weighted by Crippen LogP contribution is -2.24. The van der Waals surface area contributed by atoms with Crippen LogP contribution in [0, 0.1) is 0 Å². The zero-order chi connectivity index (χ0) is 14.2. The minimum Gasteiger partial charge on any atom is -0.309 e. The standard InChI is InChI=1S/C18H25NS/c1-3-12-19-18(14-20-13-4-2)17-11-7-9-15-8-5-6-10-16(15)17/h5-11,18-19H,3-4,12-14H2,1-2H3. The first kappa shape index (κ1) is 15.4. The molecule has 0 radical (unpaired) electrons. The highest BCUT2D eigenvalue weighted by Crippen LogP contribution is 2.26. The molecule has 1 atom stereocenters. The molecule has 0 heterocycles. The average Bonchev–Trinajstić information content (AvgIpc) is 2.50. The van der Waals surface area contributed by atoms with Crippen LogP contribution in [0.3, 0.4) is 0 Å². The molecule has 0 aliphatic rings. The van der Waals surface area contributed by atoms with Gasteiger partial charge in [0.25, 0.3) is 0 Å². The van der Waals surface area contributed by atoms with Gasteiger partial charge in [0, 0.05) is 11.8 Å². The van der Waals surface area contributed by atoms with Crippen LogP contribution in [0.1, 0.15) is 38.3 Å². The third kappa shape index (κ3) is 4.00. The van der Waals surface area contributed by atoms with Crippen LogP contribution < -0.4 is 5.32 Å². The van der Waals surface area contributed by atoms with Crippen LogP contribution in [0.4, 0.5) is 0 Å². The van der Waals surface area contributed by atoms with Gasteiger partial charge in [0.2, 0.25) is 0 Å². The molecule has 108 valence electrons. The summed E-state index contributed by atoms with van der Waals surface area (Å²) >= 11 is 2.05. The molecular weight excluding hydrogens is 262 g/mol. The van der Waals surface area contributed by atoms with Crippen LogP contribution >= 0.6 is 11.8 Å². The summed E-state index contributed by atoms with van der Waals surface area (Å²) in [5.41, 5.74) is 1.44. The number of hydrogen-bond donors (Lipinski definition) is 1. The van der Waals surface area contributed by atoms with Crippen LogP contribution in [-0.2, 0) is 0 Å². The van der Waals surface area contributed by atoms with Crippen molar-refractivity contribution < 1.29 is 0 Å². The second kappa shape index (κ2) is 8.33. The second-order valence-electron chi connectivity index (χ2n) is 5.15. The Morgan fingerprint density at radius 1 is 1.00 bits per heavy atom. The molecule has 2 aromatic carbocycles. The molecule has 0 amide bonds. The highest BCUT2D eigenvalue weighted by Gasteiger charge is 2.13. The van der Waals surface area contributed by atoms with Crippen LogP contribution in [0.5, 0.6) is 0 Å². The van der Waals surface area contributed by atoms with Crippen molar-refractivity contribution in [1.29, 1.82) is 0 Å². The minimum absolute atomic E-state index is 0.456. The topological polar surface area (TPSA) is 12.0 Å². The van der Waals surface area contributed by atoms with E-state index < -0.39 is 0 Å². The largest absolute Gasteiger partial charge is 0.309 e. The molecule has 1 nitrogen and oxygen atoms in total. The molecule has 0 saturated heterocycles. The Morgan fingerprint density at radius 2 is 1.80 bits per heavy atom. The monoisotopic (exact) mass is 287 g/mol. The molecule has 0 saturated carbocycles. The van der Waals surface area contributed by atoms with Crippen LogP contribution in [0.15, 0.2) is 42.5 Å². The number of thioether (sulfide) groups is 1. The number of hydrogen-bond acceptors (Lipinski definition) is 2. The van der Waals surface area contributed by atoms with Crippen molar-refractivity contribution in [2.24, 2.45) is 0 Å². The van der Waals surface area contributed by atoms with Crippen LogP contribution in [0.25, 0.3) is 10.8 Å². The Bertz CT molecular complexity index is 518. The van der Waals surface area contributed by atoms with Gasteiger partial charge >= 0.3 is 0 Å². The van der Waals surface area contributed by atoms with Crippen molar-refractivity contribution in [1.82, 2.24) is 5.32 Å². The Labute approximate surface area is 127 Å². The zero-order valence-corrected chi connectivity index (χ0v) is 13.4. The fourth-order valence-corrected chi connectivity index (χ4v) is 3.47. The van der Waals surface area contributed by atoms with Gasteiger partial charge < -0.3 is 5.32 Å². The maximum Gasteiger partial charge on any atom is 0.0418 e. The van der Waals surface area contributed by atoms with Gasteiger partial charge in [-0.1, -0.05) is 56.3 Å². The van der Waals surface area contributed by atoms with Gasteiger partial charge in [-0.05, 0) is 41.5 Å². The van der Waals surface area contributed by atoms with Crippen molar-refractivity contribution in [3.63, 3.8) is 0 Å². The number of rotatable bonds is 8. The summed E-state index contributed by atoms with van der Waals surface area (Å²) in [5, 5.41) is 6.45. The molecule has 1 unspecified atom stereocenters. The van der Waals surface area contributed by atoms with Gasteiger partial charge in [-0.15, -0.1) is 0 Å². The molecule has 2 rings (SSSR count). The van der Waals surface area contributed by atoms with Crippen molar-refractivity contribution in [2.45, 2.75) is 32.7 Å². The maximum absolute atomic E-state index is 3.72. The number of benzene rings is 2. The normalized spacial score (nSPS) is 12.7. The first-order valence-electron chi connectivity index (χ1n) is 7.65. The van der Waals surface area contributed by atoms with Crippen LogP contribution in [0.2, 0.25) is 0 Å². The Kier molecular flexibility index (Phi) is 6.41. The predicted octanol–water partition coefficient (Wildman–Crippen LogP) is 5.02. The lowest BCUT2D eigenvalue weighted by molar-refractivity contribution is 0.580. The van der Waals surface area contributed by atoms with Gasteiger partial charge in [-0.2, -0.15) is 11.8 Å². The van der Waals surface area contributed by atoms with Crippen molar-refractivity contribution in [3.05, 3.63) is 48.0 Å². The lowest BCUT2D eigenvalue weighted by Gasteiger charge is -2.20. The quantitative estimate of drug-likeness (QED) is 0.684. The minimum atomic E-state index is 0.456. The van der Waals surface area contributed by atoms with E-state index in [0.717, 1.165) is 12.3 Å². The summed E-state index contributed by atoms with van der Waals surface area (Å²) < 4.78 is 0. The molecule has 0 aliphatic carbocycles. The van der Waals surface area contributed by atoms with E-state index in [1.54, 1.807) is 0 Å². The van der Waals surface area contributed by atoms with Crippen molar-refractivity contribution in [3.8, 4) is 0 Å². The third-order valence-corrected chi connectivity index (χ3v) is 4.74. The highest BCUT2D eigenvalue weighted by atomic mass is 32.2. The molecule has 1 N–H and O–H groups in total. The molecule has 2 heteroatoms. The van der Waals surface area contributed by atoms with E-state index in [-0.39, 0.29) is 0 Å². The summed E-state index contributed by atoms with van der Waals surface area (Å²) in [6, 6.07) is 15.8. The van der Waals surface area contributed by atoms with Crippen molar-refractivity contribution >= 4 is 22.5 Å². The van der Waals surface area contributed by atoms with Gasteiger partial charge in [0.1, 0.15) is 0 Å². The summed E-state index contributed by atoms with van der Waals surface area (Å²) in [7, 11) is 0. The van der Waals surface area contributed by atoms with E-state index in [1.807, 2.05) is 0 Å². The van der Waals surface area contributed by atoms with E-state index in [2.05, 4.69) is 73.4 Å². The van der Waals surface area contributed by atoms with Gasteiger partial charge in [-0.25, -0.2) is 0 Å². The van der Waals surface area contributed by atoms with E-state index in [1.165, 1.54) is 34.9 Å². The average molecular weight is 287 g/mol. The highest BCUT2D eigenvalue weighted by molar-refractivity contribution is 7.99. The second-order valence-corrected chi connectivity index (χ2v) is 6.30. The Hall–Kier alpha value is -0.990. The Morgan fingerprint density at radius 3 is 2.60 bits per heavy atom. The molecule has 0 aliphatic heterocycles. The molecule has 0 spiro atoms.